The molecule has 2 aromatic heterocycles. The summed E-state index contributed by atoms with van der Waals surface area (Å²) in [6.07, 6.45) is -3.02. The highest BCUT2D eigenvalue weighted by atomic mass is 32.2. The van der Waals surface area contributed by atoms with Gasteiger partial charge in [-0.3, -0.25) is 4.57 Å². The van der Waals surface area contributed by atoms with Crippen molar-refractivity contribution in [1.29, 1.82) is 0 Å². The molecule has 148 valence electrons. The van der Waals surface area contributed by atoms with Crippen molar-refractivity contribution in [2.75, 3.05) is 0 Å². The van der Waals surface area contributed by atoms with Crippen LogP contribution in [0.15, 0.2) is 76.5 Å². The van der Waals surface area contributed by atoms with E-state index in [9.17, 15) is 17.6 Å². The Morgan fingerprint density at radius 3 is 2.41 bits per heavy atom. The smallest absolute Gasteiger partial charge is 0.416 e. The van der Waals surface area contributed by atoms with Crippen LogP contribution in [0, 0.1) is 5.82 Å². The Bertz CT molecular complexity index is 1120. The van der Waals surface area contributed by atoms with Gasteiger partial charge >= 0.3 is 6.18 Å². The molecule has 0 aliphatic heterocycles. The number of alkyl halides is 3. The Morgan fingerprint density at radius 2 is 1.69 bits per heavy atom. The third-order valence-corrected chi connectivity index (χ3v) is 5.13. The van der Waals surface area contributed by atoms with Gasteiger partial charge in [-0.15, -0.1) is 10.2 Å². The number of furan rings is 1. The zero-order valence-corrected chi connectivity index (χ0v) is 15.5. The quantitative estimate of drug-likeness (QED) is 0.295. The molecule has 0 bridgehead atoms. The van der Waals surface area contributed by atoms with Crippen LogP contribution in [0.5, 0.6) is 0 Å². The highest BCUT2D eigenvalue weighted by molar-refractivity contribution is 7.98. The van der Waals surface area contributed by atoms with Gasteiger partial charge < -0.3 is 4.42 Å². The van der Waals surface area contributed by atoms with Crippen LogP contribution < -0.4 is 0 Å². The zero-order valence-electron chi connectivity index (χ0n) is 14.7. The molecule has 0 N–H and O–H groups in total. The minimum absolute atomic E-state index is 0.0135. The third-order valence-electron chi connectivity index (χ3n) is 4.15. The number of aromatic nitrogens is 3. The second-order valence-electron chi connectivity index (χ2n) is 6.01. The molecule has 0 saturated heterocycles. The molecule has 0 radical (unpaired) electrons. The third kappa shape index (κ3) is 3.91. The average Bonchev–Trinajstić information content (AvgIpc) is 3.36. The minimum Gasteiger partial charge on any atom is -0.461 e. The Balaban J connectivity index is 1.74. The standard InChI is InChI=1S/C20H13F4N3OS/c21-15-8-3-4-9-16(15)27-18(17-10-5-11-28-17)25-26-19(27)29-12-13-6-1-2-7-14(13)20(22,23)24/h1-11H,12H2. The van der Waals surface area contributed by atoms with Crippen LogP contribution in [-0.2, 0) is 11.9 Å². The van der Waals surface area contributed by atoms with E-state index in [0.29, 0.717) is 5.76 Å². The van der Waals surface area contributed by atoms with Gasteiger partial charge in [-0.25, -0.2) is 4.39 Å². The van der Waals surface area contributed by atoms with E-state index in [-0.39, 0.29) is 28.0 Å². The Kier molecular flexibility index (Phi) is 5.14. The molecular formula is C20H13F4N3OS. The second-order valence-corrected chi connectivity index (χ2v) is 6.96. The Labute approximate surface area is 167 Å². The second kappa shape index (κ2) is 7.75. The SMILES string of the molecule is Fc1ccccc1-n1c(SCc2ccccc2C(F)(F)F)nnc1-c1ccco1. The zero-order chi connectivity index (χ0) is 20.4. The Hall–Kier alpha value is -3.07. The Morgan fingerprint density at radius 1 is 0.931 bits per heavy atom. The first kappa shape index (κ1) is 19.3. The van der Waals surface area contributed by atoms with Crippen LogP contribution in [0.3, 0.4) is 0 Å². The monoisotopic (exact) mass is 419 g/mol. The van der Waals surface area contributed by atoms with Gasteiger partial charge in [0.1, 0.15) is 5.82 Å². The van der Waals surface area contributed by atoms with Gasteiger partial charge in [0.2, 0.25) is 5.82 Å². The van der Waals surface area contributed by atoms with E-state index >= 15 is 0 Å². The predicted molar refractivity (Wildman–Crippen MR) is 100 cm³/mol. The fraction of sp³-hybridized carbons (Fsp3) is 0.100. The molecule has 0 atom stereocenters. The molecule has 9 heteroatoms. The first-order valence-electron chi connectivity index (χ1n) is 8.47. The highest BCUT2D eigenvalue weighted by Crippen LogP contribution is 2.36. The molecule has 0 aliphatic rings. The van der Waals surface area contributed by atoms with Crippen molar-refractivity contribution in [2.24, 2.45) is 0 Å². The molecule has 29 heavy (non-hydrogen) atoms. The lowest BCUT2D eigenvalue weighted by Crippen LogP contribution is -2.08. The summed E-state index contributed by atoms with van der Waals surface area (Å²) in [5, 5.41) is 8.38. The van der Waals surface area contributed by atoms with E-state index in [0.717, 1.165) is 17.8 Å². The van der Waals surface area contributed by atoms with E-state index in [2.05, 4.69) is 10.2 Å². The van der Waals surface area contributed by atoms with E-state index < -0.39 is 17.6 Å². The van der Waals surface area contributed by atoms with Crippen LogP contribution in [0.2, 0.25) is 0 Å². The summed E-state index contributed by atoms with van der Waals surface area (Å²) in [6, 6.07) is 14.7. The molecule has 4 rings (SSSR count). The van der Waals surface area contributed by atoms with Crippen molar-refractivity contribution >= 4 is 11.8 Å². The van der Waals surface area contributed by atoms with Crippen molar-refractivity contribution in [3.63, 3.8) is 0 Å². The summed E-state index contributed by atoms with van der Waals surface area (Å²) in [5.41, 5.74) is -0.432. The van der Waals surface area contributed by atoms with E-state index in [1.807, 2.05) is 0 Å². The lowest BCUT2D eigenvalue weighted by Gasteiger charge is -2.13. The molecule has 2 aromatic carbocycles. The largest absolute Gasteiger partial charge is 0.461 e. The summed E-state index contributed by atoms with van der Waals surface area (Å²) in [6.45, 7) is 0. The number of benzene rings is 2. The molecular weight excluding hydrogens is 406 g/mol. The molecule has 0 saturated carbocycles. The summed E-state index contributed by atoms with van der Waals surface area (Å²) < 4.78 is 61.0. The molecule has 4 aromatic rings. The molecule has 2 heterocycles. The molecule has 4 nitrogen and oxygen atoms in total. The van der Waals surface area contributed by atoms with Gasteiger partial charge in [-0.05, 0) is 35.9 Å². The van der Waals surface area contributed by atoms with Crippen LogP contribution in [-0.4, -0.2) is 14.8 Å². The maximum Gasteiger partial charge on any atom is 0.416 e. The first-order chi connectivity index (χ1) is 13.9. The first-order valence-corrected chi connectivity index (χ1v) is 9.46. The van der Waals surface area contributed by atoms with Crippen LogP contribution in [0.4, 0.5) is 17.6 Å². The van der Waals surface area contributed by atoms with Crippen LogP contribution in [0.25, 0.3) is 17.3 Å². The van der Waals surface area contributed by atoms with Gasteiger partial charge in [0, 0.05) is 5.75 Å². The van der Waals surface area contributed by atoms with Crippen LogP contribution in [0.1, 0.15) is 11.1 Å². The van der Waals surface area contributed by atoms with Gasteiger partial charge in [0.25, 0.3) is 0 Å². The number of rotatable bonds is 5. The van der Waals surface area contributed by atoms with Crippen molar-refractivity contribution in [3.8, 4) is 17.3 Å². The normalized spacial score (nSPS) is 11.7. The van der Waals surface area contributed by atoms with E-state index in [4.69, 9.17) is 4.42 Å². The van der Waals surface area contributed by atoms with Crippen molar-refractivity contribution in [1.82, 2.24) is 14.8 Å². The van der Waals surface area contributed by atoms with Crippen molar-refractivity contribution in [2.45, 2.75) is 17.1 Å². The topological polar surface area (TPSA) is 43.9 Å². The lowest BCUT2D eigenvalue weighted by atomic mass is 10.1. The molecule has 0 amide bonds. The highest BCUT2D eigenvalue weighted by Gasteiger charge is 2.33. The van der Waals surface area contributed by atoms with Crippen LogP contribution >= 0.6 is 11.8 Å². The fourth-order valence-corrected chi connectivity index (χ4v) is 3.79. The van der Waals surface area contributed by atoms with Crippen molar-refractivity contribution in [3.05, 3.63) is 83.9 Å². The van der Waals surface area contributed by atoms with Crippen molar-refractivity contribution < 1.29 is 22.0 Å². The number of hydrogen-bond donors (Lipinski definition) is 0. The van der Waals surface area contributed by atoms with Gasteiger partial charge in [-0.2, -0.15) is 13.2 Å². The maximum atomic E-state index is 14.5. The van der Waals surface area contributed by atoms with E-state index in [1.54, 1.807) is 36.4 Å². The summed E-state index contributed by atoms with van der Waals surface area (Å²) in [5.74, 6) is 0.0908. The number of nitrogens with zero attached hydrogens (tertiary/aromatic N) is 3. The summed E-state index contributed by atoms with van der Waals surface area (Å²) >= 11 is 1.03. The molecule has 0 fully saturated rings. The molecule has 0 spiro atoms. The number of thioether (sulfide) groups is 1. The predicted octanol–water partition coefficient (Wildman–Crippen LogP) is 5.98. The number of halogens is 4. The number of hydrogen-bond acceptors (Lipinski definition) is 4. The fourth-order valence-electron chi connectivity index (χ4n) is 2.84. The molecule has 0 aliphatic carbocycles. The summed E-state index contributed by atoms with van der Waals surface area (Å²) in [4.78, 5) is 0. The summed E-state index contributed by atoms with van der Waals surface area (Å²) in [7, 11) is 0. The van der Waals surface area contributed by atoms with Gasteiger partial charge in [0.05, 0.1) is 17.5 Å². The lowest BCUT2D eigenvalue weighted by molar-refractivity contribution is -0.138. The van der Waals surface area contributed by atoms with E-state index in [1.165, 1.54) is 29.0 Å². The van der Waals surface area contributed by atoms with Gasteiger partial charge in [-0.1, -0.05) is 42.1 Å². The average molecular weight is 419 g/mol. The maximum absolute atomic E-state index is 14.5. The molecule has 0 unspecified atom stereocenters. The number of para-hydroxylation sites is 1. The minimum atomic E-state index is -4.46. The van der Waals surface area contributed by atoms with Gasteiger partial charge in [0.15, 0.2) is 10.9 Å².